The number of anilines is 1. The van der Waals surface area contributed by atoms with Crippen LogP contribution in [0.15, 0.2) is 6.07 Å². The number of carbonyl (C=O) groups excluding carboxylic acids is 1. The molecule has 1 amide bonds. The molecule has 0 bridgehead atoms. The summed E-state index contributed by atoms with van der Waals surface area (Å²) in [6, 6.07) is 1.77. The van der Waals surface area contributed by atoms with Crippen LogP contribution >= 0.6 is 11.8 Å². The SMILES string of the molecule is CCN(CC)C(=O)CSCc1nc(C)cc(NN)n1. The summed E-state index contributed by atoms with van der Waals surface area (Å²) in [5, 5.41) is 0. The number of aryl methyl sites for hydroxylation is 1. The van der Waals surface area contributed by atoms with Crippen LogP contribution in [0, 0.1) is 6.92 Å². The normalized spacial score (nSPS) is 10.3. The molecule has 0 aliphatic carbocycles. The van der Waals surface area contributed by atoms with Gasteiger partial charge in [-0.1, -0.05) is 0 Å². The fraction of sp³-hybridized carbons (Fsp3) is 0.583. The number of hydrogen-bond acceptors (Lipinski definition) is 6. The average Bonchev–Trinajstić information content (AvgIpc) is 2.39. The Kier molecular flexibility index (Phi) is 6.58. The van der Waals surface area contributed by atoms with E-state index in [1.165, 1.54) is 11.8 Å². The predicted molar refractivity (Wildman–Crippen MR) is 78.7 cm³/mol. The molecule has 0 spiro atoms. The Morgan fingerprint density at radius 2 is 2.11 bits per heavy atom. The van der Waals surface area contributed by atoms with Crippen molar-refractivity contribution in [1.29, 1.82) is 0 Å². The number of nitrogens with two attached hydrogens (primary N) is 1. The molecule has 0 atom stereocenters. The molecular weight excluding hydrogens is 262 g/mol. The van der Waals surface area contributed by atoms with Crippen LogP contribution in [0.1, 0.15) is 25.4 Å². The Balaban J connectivity index is 2.49. The van der Waals surface area contributed by atoms with E-state index in [-0.39, 0.29) is 5.91 Å². The Labute approximate surface area is 118 Å². The van der Waals surface area contributed by atoms with Crippen LogP contribution in [-0.2, 0) is 10.5 Å². The number of carbonyl (C=O) groups is 1. The topological polar surface area (TPSA) is 84.1 Å². The first kappa shape index (κ1) is 15.7. The Morgan fingerprint density at radius 3 is 2.68 bits per heavy atom. The second kappa shape index (κ2) is 7.96. The van der Waals surface area contributed by atoms with E-state index in [4.69, 9.17) is 5.84 Å². The van der Waals surface area contributed by atoms with Gasteiger partial charge in [-0.05, 0) is 20.8 Å². The van der Waals surface area contributed by atoms with Gasteiger partial charge >= 0.3 is 0 Å². The molecule has 0 fully saturated rings. The molecule has 7 heteroatoms. The van der Waals surface area contributed by atoms with Crippen molar-refractivity contribution in [2.45, 2.75) is 26.5 Å². The molecule has 0 radical (unpaired) electrons. The molecule has 1 heterocycles. The molecule has 1 aromatic rings. The summed E-state index contributed by atoms with van der Waals surface area (Å²) in [6.07, 6.45) is 0. The Hall–Kier alpha value is -1.34. The lowest BCUT2D eigenvalue weighted by Crippen LogP contribution is -2.31. The zero-order valence-corrected chi connectivity index (χ0v) is 12.5. The van der Waals surface area contributed by atoms with Crippen molar-refractivity contribution in [3.63, 3.8) is 0 Å². The summed E-state index contributed by atoms with van der Waals surface area (Å²) < 4.78 is 0. The van der Waals surface area contributed by atoms with Crippen molar-refractivity contribution >= 4 is 23.5 Å². The minimum Gasteiger partial charge on any atom is -0.343 e. The molecule has 19 heavy (non-hydrogen) atoms. The maximum Gasteiger partial charge on any atom is 0.232 e. The molecule has 0 saturated carbocycles. The largest absolute Gasteiger partial charge is 0.343 e. The number of nitrogens with one attached hydrogen (secondary N) is 1. The smallest absolute Gasteiger partial charge is 0.232 e. The van der Waals surface area contributed by atoms with Gasteiger partial charge in [0.15, 0.2) is 0 Å². The number of hydrazine groups is 1. The van der Waals surface area contributed by atoms with Crippen LogP contribution in [-0.4, -0.2) is 39.6 Å². The molecule has 106 valence electrons. The molecule has 0 saturated heterocycles. The molecule has 0 aromatic carbocycles. The lowest BCUT2D eigenvalue weighted by atomic mass is 10.4. The van der Waals surface area contributed by atoms with Crippen LogP contribution in [0.25, 0.3) is 0 Å². The Morgan fingerprint density at radius 1 is 1.42 bits per heavy atom. The van der Waals surface area contributed by atoms with Gasteiger partial charge < -0.3 is 10.3 Å². The van der Waals surface area contributed by atoms with Crippen molar-refractivity contribution < 1.29 is 4.79 Å². The van der Waals surface area contributed by atoms with Gasteiger partial charge in [-0.15, -0.1) is 11.8 Å². The number of aromatic nitrogens is 2. The van der Waals surface area contributed by atoms with Gasteiger partial charge in [-0.2, -0.15) is 0 Å². The maximum atomic E-state index is 11.8. The Bertz CT molecular complexity index is 423. The van der Waals surface area contributed by atoms with E-state index < -0.39 is 0 Å². The summed E-state index contributed by atoms with van der Waals surface area (Å²) in [7, 11) is 0. The first-order valence-corrected chi connectivity index (χ1v) is 7.42. The molecule has 6 nitrogen and oxygen atoms in total. The highest BCUT2D eigenvalue weighted by atomic mass is 32.2. The van der Waals surface area contributed by atoms with Gasteiger partial charge in [0.1, 0.15) is 11.6 Å². The highest BCUT2D eigenvalue weighted by Crippen LogP contribution is 2.12. The van der Waals surface area contributed by atoms with E-state index in [2.05, 4.69) is 15.4 Å². The summed E-state index contributed by atoms with van der Waals surface area (Å²) >= 11 is 1.52. The summed E-state index contributed by atoms with van der Waals surface area (Å²) in [5.41, 5.74) is 3.36. The highest BCUT2D eigenvalue weighted by Gasteiger charge is 2.10. The van der Waals surface area contributed by atoms with Crippen LogP contribution in [0.2, 0.25) is 0 Å². The fourth-order valence-corrected chi connectivity index (χ4v) is 2.44. The van der Waals surface area contributed by atoms with E-state index in [1.807, 2.05) is 25.7 Å². The minimum absolute atomic E-state index is 0.153. The van der Waals surface area contributed by atoms with Crippen LogP contribution < -0.4 is 11.3 Å². The minimum atomic E-state index is 0.153. The molecule has 0 unspecified atom stereocenters. The van der Waals surface area contributed by atoms with Crippen molar-refractivity contribution in [2.24, 2.45) is 5.84 Å². The molecule has 1 aromatic heterocycles. The summed E-state index contributed by atoms with van der Waals surface area (Å²) in [4.78, 5) is 22.2. The molecular formula is C12H21N5OS. The van der Waals surface area contributed by atoms with Crippen LogP contribution in [0.4, 0.5) is 5.82 Å². The van der Waals surface area contributed by atoms with E-state index in [9.17, 15) is 4.79 Å². The number of nitrogen functional groups attached to an aromatic ring is 1. The van der Waals surface area contributed by atoms with Crippen molar-refractivity contribution in [2.75, 3.05) is 24.3 Å². The first-order chi connectivity index (χ1) is 9.10. The van der Waals surface area contributed by atoms with E-state index in [0.29, 0.717) is 23.1 Å². The third kappa shape index (κ3) is 5.04. The molecule has 1 rings (SSSR count). The summed E-state index contributed by atoms with van der Waals surface area (Å²) in [6.45, 7) is 7.34. The van der Waals surface area contributed by atoms with Gasteiger partial charge in [0.05, 0.1) is 11.5 Å². The second-order valence-corrected chi connectivity index (χ2v) is 5.00. The second-order valence-electron chi connectivity index (χ2n) is 4.01. The van der Waals surface area contributed by atoms with Gasteiger partial charge in [0.2, 0.25) is 5.91 Å². The average molecular weight is 283 g/mol. The van der Waals surface area contributed by atoms with Gasteiger partial charge in [0, 0.05) is 24.8 Å². The van der Waals surface area contributed by atoms with Gasteiger partial charge in [-0.25, -0.2) is 15.8 Å². The number of hydrogen-bond donors (Lipinski definition) is 2. The summed E-state index contributed by atoms with van der Waals surface area (Å²) in [5.74, 6) is 7.82. The van der Waals surface area contributed by atoms with Crippen molar-refractivity contribution in [3.05, 3.63) is 17.6 Å². The molecule has 0 aliphatic heterocycles. The van der Waals surface area contributed by atoms with Crippen molar-refractivity contribution in [3.8, 4) is 0 Å². The molecule has 3 N–H and O–H groups in total. The van der Waals surface area contributed by atoms with Gasteiger partial charge in [-0.3, -0.25) is 4.79 Å². The van der Waals surface area contributed by atoms with Gasteiger partial charge in [0.25, 0.3) is 0 Å². The van der Waals surface area contributed by atoms with E-state index >= 15 is 0 Å². The first-order valence-electron chi connectivity index (χ1n) is 6.27. The number of rotatable bonds is 7. The fourth-order valence-electron chi connectivity index (χ4n) is 1.67. The zero-order chi connectivity index (χ0) is 14.3. The maximum absolute atomic E-state index is 11.8. The van der Waals surface area contributed by atoms with Crippen molar-refractivity contribution in [1.82, 2.24) is 14.9 Å². The number of thioether (sulfide) groups is 1. The monoisotopic (exact) mass is 283 g/mol. The molecule has 0 aliphatic rings. The lowest BCUT2D eigenvalue weighted by molar-refractivity contribution is -0.127. The predicted octanol–water partition coefficient (Wildman–Crippen LogP) is 1.17. The highest BCUT2D eigenvalue weighted by molar-refractivity contribution is 7.99. The quantitative estimate of drug-likeness (QED) is 0.577. The van der Waals surface area contributed by atoms with Crippen LogP contribution in [0.3, 0.4) is 0 Å². The number of nitrogens with zero attached hydrogens (tertiary/aromatic N) is 3. The van der Waals surface area contributed by atoms with Crippen LogP contribution in [0.5, 0.6) is 0 Å². The standard InChI is InChI=1S/C12H21N5OS/c1-4-17(5-2)12(18)8-19-7-11-14-9(3)6-10(15-11)16-13/h6H,4-5,7-8,13H2,1-3H3,(H,14,15,16). The zero-order valence-electron chi connectivity index (χ0n) is 11.6. The van der Waals surface area contributed by atoms with E-state index in [1.54, 1.807) is 6.07 Å². The third-order valence-electron chi connectivity index (χ3n) is 2.62. The van der Waals surface area contributed by atoms with E-state index in [0.717, 1.165) is 18.8 Å². The third-order valence-corrected chi connectivity index (χ3v) is 3.53. The number of amides is 1. The lowest BCUT2D eigenvalue weighted by Gasteiger charge is -2.18.